The Morgan fingerprint density at radius 1 is 1.24 bits per heavy atom. The molecule has 3 aromatic heterocycles. The van der Waals surface area contributed by atoms with E-state index in [0.717, 1.165) is 16.1 Å². The molecule has 21 heavy (non-hydrogen) atoms. The third kappa shape index (κ3) is 3.19. The van der Waals surface area contributed by atoms with Crippen molar-refractivity contribution < 1.29 is 0 Å². The molecule has 3 aromatic rings. The predicted octanol–water partition coefficient (Wildman–Crippen LogP) is 4.98. The second kappa shape index (κ2) is 6.19. The molecule has 3 heterocycles. The van der Waals surface area contributed by atoms with Gasteiger partial charge in [0.2, 0.25) is 0 Å². The molecule has 0 aliphatic rings. The third-order valence-corrected chi connectivity index (χ3v) is 4.77. The first-order valence-electron chi connectivity index (χ1n) is 6.00. The zero-order valence-corrected chi connectivity index (χ0v) is 13.0. The van der Waals surface area contributed by atoms with E-state index < -0.39 is 0 Å². The van der Waals surface area contributed by atoms with E-state index in [-0.39, 0.29) is 0 Å². The summed E-state index contributed by atoms with van der Waals surface area (Å²) in [4.78, 5) is 9.46. The molecule has 0 bridgehead atoms. The maximum absolute atomic E-state index is 9.34. The number of halogens is 1. The highest BCUT2D eigenvalue weighted by atomic mass is 35.5. The van der Waals surface area contributed by atoms with Gasteiger partial charge >= 0.3 is 0 Å². The minimum atomic E-state index is 0.541. The zero-order chi connectivity index (χ0) is 14.7. The molecule has 0 unspecified atom stereocenters. The van der Waals surface area contributed by atoms with Crippen molar-refractivity contribution in [2.75, 3.05) is 0 Å². The van der Waals surface area contributed by atoms with Crippen LogP contribution in [-0.4, -0.2) is 9.97 Å². The number of hydrogen-bond donors (Lipinski definition) is 0. The Balaban J connectivity index is 1.95. The molecule has 6 heteroatoms. The monoisotopic (exact) mass is 329 g/mol. The van der Waals surface area contributed by atoms with Crippen molar-refractivity contribution in [2.45, 2.75) is 0 Å². The lowest BCUT2D eigenvalue weighted by atomic mass is 10.2. The molecule has 0 saturated heterocycles. The van der Waals surface area contributed by atoms with Crippen LogP contribution in [0.4, 0.5) is 0 Å². The van der Waals surface area contributed by atoms with Crippen LogP contribution < -0.4 is 0 Å². The van der Waals surface area contributed by atoms with Crippen molar-refractivity contribution in [3.63, 3.8) is 0 Å². The van der Waals surface area contributed by atoms with E-state index >= 15 is 0 Å². The Morgan fingerprint density at radius 3 is 2.71 bits per heavy atom. The number of nitrogens with zero attached hydrogens (tertiary/aromatic N) is 3. The van der Waals surface area contributed by atoms with E-state index in [1.165, 1.54) is 22.7 Å². The lowest BCUT2D eigenvalue weighted by Crippen LogP contribution is -1.82. The van der Waals surface area contributed by atoms with Crippen LogP contribution in [0.25, 0.3) is 22.9 Å². The number of nitriles is 1. The SMILES string of the molecule is N#C/C(=C/c1ccc(Cl)s1)c1nc(-c2ccncc2)cs1. The minimum Gasteiger partial charge on any atom is -0.265 e. The molecule has 0 spiro atoms. The highest BCUT2D eigenvalue weighted by Crippen LogP contribution is 2.29. The molecule has 102 valence electrons. The Hall–Kier alpha value is -2.00. The van der Waals surface area contributed by atoms with Gasteiger partial charge in [0.05, 0.1) is 15.6 Å². The van der Waals surface area contributed by atoms with Gasteiger partial charge in [-0.05, 0) is 30.3 Å². The summed E-state index contributed by atoms with van der Waals surface area (Å²) in [6, 6.07) is 9.70. The second-order valence-corrected chi connectivity index (χ2v) is 6.69. The van der Waals surface area contributed by atoms with Gasteiger partial charge in [-0.2, -0.15) is 5.26 Å². The van der Waals surface area contributed by atoms with Gasteiger partial charge < -0.3 is 0 Å². The molecule has 3 rings (SSSR count). The highest BCUT2D eigenvalue weighted by molar-refractivity contribution is 7.17. The third-order valence-electron chi connectivity index (χ3n) is 2.71. The zero-order valence-electron chi connectivity index (χ0n) is 10.7. The standard InChI is InChI=1S/C15H8ClN3S2/c16-14-2-1-12(21-14)7-11(8-17)15-19-13(9-20-15)10-3-5-18-6-4-10/h1-7,9H/b11-7-. The van der Waals surface area contributed by atoms with Gasteiger partial charge in [0.15, 0.2) is 0 Å². The molecule has 0 saturated carbocycles. The Labute approximate surface area is 134 Å². The van der Waals surface area contributed by atoms with Crippen LogP contribution in [0.15, 0.2) is 42.0 Å². The fourth-order valence-corrected chi connectivity index (χ4v) is 3.54. The van der Waals surface area contributed by atoms with E-state index in [9.17, 15) is 5.26 Å². The summed E-state index contributed by atoms with van der Waals surface area (Å²) in [7, 11) is 0. The molecule has 0 amide bonds. The van der Waals surface area contributed by atoms with Crippen LogP contribution in [0.5, 0.6) is 0 Å². The molecule has 3 nitrogen and oxygen atoms in total. The van der Waals surface area contributed by atoms with E-state index in [0.29, 0.717) is 14.9 Å². The Bertz CT molecular complexity index is 828. The number of thiazole rings is 1. The molecule has 0 N–H and O–H groups in total. The minimum absolute atomic E-state index is 0.541. The Morgan fingerprint density at radius 2 is 2.05 bits per heavy atom. The first-order valence-corrected chi connectivity index (χ1v) is 8.07. The summed E-state index contributed by atoms with van der Waals surface area (Å²) in [5.41, 5.74) is 2.38. The van der Waals surface area contributed by atoms with E-state index in [4.69, 9.17) is 11.6 Å². The predicted molar refractivity (Wildman–Crippen MR) is 88.2 cm³/mol. The summed E-state index contributed by atoms with van der Waals surface area (Å²) in [6.45, 7) is 0. The summed E-state index contributed by atoms with van der Waals surface area (Å²) >= 11 is 8.79. The average Bonchev–Trinajstić information content (AvgIpc) is 3.15. The van der Waals surface area contributed by atoms with Gasteiger partial charge in [-0.15, -0.1) is 22.7 Å². The fourth-order valence-electron chi connectivity index (χ4n) is 1.74. The lowest BCUT2D eigenvalue weighted by molar-refractivity contribution is 1.31. The van der Waals surface area contributed by atoms with E-state index in [1.807, 2.05) is 35.7 Å². The Kier molecular flexibility index (Phi) is 4.11. The van der Waals surface area contributed by atoms with Crippen molar-refractivity contribution in [3.8, 4) is 17.3 Å². The van der Waals surface area contributed by atoms with Crippen LogP contribution in [0.3, 0.4) is 0 Å². The van der Waals surface area contributed by atoms with Crippen molar-refractivity contribution in [3.05, 3.63) is 56.3 Å². The van der Waals surface area contributed by atoms with Gasteiger partial charge in [-0.25, -0.2) is 4.98 Å². The quantitative estimate of drug-likeness (QED) is 0.636. The normalized spacial score (nSPS) is 11.3. The van der Waals surface area contributed by atoms with Crippen LogP contribution in [-0.2, 0) is 0 Å². The van der Waals surface area contributed by atoms with E-state index in [2.05, 4.69) is 16.0 Å². The maximum Gasteiger partial charge on any atom is 0.134 e. The van der Waals surface area contributed by atoms with Crippen molar-refractivity contribution >= 4 is 45.9 Å². The van der Waals surface area contributed by atoms with Gasteiger partial charge in [-0.1, -0.05) is 11.6 Å². The summed E-state index contributed by atoms with van der Waals surface area (Å²) in [5.74, 6) is 0. The largest absolute Gasteiger partial charge is 0.265 e. The van der Waals surface area contributed by atoms with Gasteiger partial charge in [-0.3, -0.25) is 4.98 Å². The average molecular weight is 330 g/mol. The van der Waals surface area contributed by atoms with Gasteiger partial charge in [0.25, 0.3) is 0 Å². The number of hydrogen-bond acceptors (Lipinski definition) is 5. The van der Waals surface area contributed by atoms with Crippen molar-refractivity contribution in [2.24, 2.45) is 0 Å². The molecular weight excluding hydrogens is 322 g/mol. The summed E-state index contributed by atoms with van der Waals surface area (Å²) in [6.07, 6.45) is 5.26. The maximum atomic E-state index is 9.34. The molecule has 0 radical (unpaired) electrons. The molecule has 0 aromatic carbocycles. The first kappa shape index (κ1) is 14.0. The van der Waals surface area contributed by atoms with Crippen molar-refractivity contribution in [1.82, 2.24) is 9.97 Å². The van der Waals surface area contributed by atoms with Crippen LogP contribution in [0.1, 0.15) is 9.88 Å². The number of rotatable bonds is 3. The van der Waals surface area contributed by atoms with Crippen LogP contribution in [0, 0.1) is 11.3 Å². The molecule has 0 fully saturated rings. The van der Waals surface area contributed by atoms with Crippen LogP contribution in [0.2, 0.25) is 4.34 Å². The lowest BCUT2D eigenvalue weighted by Gasteiger charge is -1.94. The first-order chi connectivity index (χ1) is 10.3. The van der Waals surface area contributed by atoms with Crippen LogP contribution >= 0.6 is 34.3 Å². The second-order valence-electron chi connectivity index (χ2n) is 4.09. The number of aromatic nitrogens is 2. The summed E-state index contributed by atoms with van der Waals surface area (Å²) in [5, 5.41) is 12.0. The molecule has 0 aliphatic heterocycles. The van der Waals surface area contributed by atoms with Gasteiger partial charge in [0.1, 0.15) is 11.1 Å². The number of allylic oxidation sites excluding steroid dienone is 1. The number of pyridine rings is 1. The highest BCUT2D eigenvalue weighted by Gasteiger charge is 2.09. The van der Waals surface area contributed by atoms with Crippen molar-refractivity contribution in [1.29, 1.82) is 5.26 Å². The summed E-state index contributed by atoms with van der Waals surface area (Å²) < 4.78 is 0.704. The molecular formula is C15H8ClN3S2. The topological polar surface area (TPSA) is 49.6 Å². The fraction of sp³-hybridized carbons (Fsp3) is 0. The van der Waals surface area contributed by atoms with Gasteiger partial charge in [0, 0.05) is 28.2 Å². The smallest absolute Gasteiger partial charge is 0.134 e. The molecule has 0 aliphatic carbocycles. The van der Waals surface area contributed by atoms with E-state index in [1.54, 1.807) is 12.4 Å². The molecule has 0 atom stereocenters. The number of thiophene rings is 1.